The molecule has 1 unspecified atom stereocenters. The number of aromatic nitrogens is 2. The molecule has 0 bridgehead atoms. The average Bonchev–Trinajstić information content (AvgIpc) is 3.02. The van der Waals surface area contributed by atoms with Crippen LogP contribution >= 0.6 is 0 Å². The van der Waals surface area contributed by atoms with Crippen LogP contribution in [0.1, 0.15) is 35.8 Å². The lowest BCUT2D eigenvalue weighted by molar-refractivity contribution is 0.165. The molecule has 6 heteroatoms. The van der Waals surface area contributed by atoms with Crippen molar-refractivity contribution in [2.75, 3.05) is 26.9 Å². The minimum atomic E-state index is 0.474. The Morgan fingerprint density at radius 2 is 2.20 bits per heavy atom. The summed E-state index contributed by atoms with van der Waals surface area (Å²) in [6.07, 6.45) is 4.56. The maximum absolute atomic E-state index is 5.71. The van der Waals surface area contributed by atoms with Crippen LogP contribution in [0.5, 0.6) is 17.2 Å². The van der Waals surface area contributed by atoms with Crippen molar-refractivity contribution in [3.05, 3.63) is 35.4 Å². The van der Waals surface area contributed by atoms with Crippen LogP contribution in [-0.2, 0) is 13.1 Å². The lowest BCUT2D eigenvalue weighted by Crippen LogP contribution is -2.26. The molecule has 3 heterocycles. The van der Waals surface area contributed by atoms with Gasteiger partial charge in [-0.1, -0.05) is 0 Å². The van der Waals surface area contributed by atoms with E-state index in [0.717, 1.165) is 42.4 Å². The van der Waals surface area contributed by atoms with Gasteiger partial charge >= 0.3 is 0 Å². The predicted molar refractivity (Wildman–Crippen MR) is 94.6 cm³/mol. The monoisotopic (exact) mass is 343 g/mol. The molecule has 0 radical (unpaired) electrons. The minimum Gasteiger partial charge on any atom is -0.493 e. The molecule has 25 heavy (non-hydrogen) atoms. The van der Waals surface area contributed by atoms with Crippen molar-refractivity contribution in [2.45, 2.75) is 38.8 Å². The van der Waals surface area contributed by atoms with Crippen molar-refractivity contribution >= 4 is 0 Å². The smallest absolute Gasteiger partial charge is 0.203 e. The lowest BCUT2D eigenvalue weighted by Gasteiger charge is -2.24. The van der Waals surface area contributed by atoms with Crippen LogP contribution in [0.3, 0.4) is 0 Å². The van der Waals surface area contributed by atoms with Crippen molar-refractivity contribution in [2.24, 2.45) is 0 Å². The van der Waals surface area contributed by atoms with Crippen molar-refractivity contribution in [3.63, 3.8) is 0 Å². The number of rotatable bonds is 5. The fourth-order valence-electron chi connectivity index (χ4n) is 3.72. The van der Waals surface area contributed by atoms with Crippen LogP contribution in [-0.4, -0.2) is 36.4 Å². The zero-order chi connectivity index (χ0) is 17.2. The maximum atomic E-state index is 5.71. The first kappa shape index (κ1) is 16.3. The molecule has 134 valence electrons. The molecule has 0 fully saturated rings. The summed E-state index contributed by atoms with van der Waals surface area (Å²) in [7, 11) is 1.66. The average molecular weight is 343 g/mol. The highest BCUT2D eigenvalue weighted by Gasteiger charge is 2.22. The van der Waals surface area contributed by atoms with E-state index in [0.29, 0.717) is 24.9 Å². The molecule has 0 spiro atoms. The number of nitrogens with zero attached hydrogens (tertiary/aromatic N) is 2. The molecule has 1 aromatic carbocycles. The molecule has 2 aliphatic rings. The Morgan fingerprint density at radius 3 is 3.08 bits per heavy atom. The summed E-state index contributed by atoms with van der Waals surface area (Å²) in [6.45, 7) is 5.99. The highest BCUT2D eigenvalue weighted by molar-refractivity contribution is 5.54. The van der Waals surface area contributed by atoms with Gasteiger partial charge in [-0.25, -0.2) is 4.98 Å². The van der Waals surface area contributed by atoms with Crippen molar-refractivity contribution in [3.8, 4) is 17.2 Å². The van der Waals surface area contributed by atoms with E-state index in [9.17, 15) is 0 Å². The van der Waals surface area contributed by atoms with E-state index in [1.165, 1.54) is 18.7 Å². The number of ether oxygens (including phenoxy) is 3. The summed E-state index contributed by atoms with van der Waals surface area (Å²) in [4.78, 5) is 4.71. The first-order valence-corrected chi connectivity index (χ1v) is 8.95. The van der Waals surface area contributed by atoms with Gasteiger partial charge in [-0.2, -0.15) is 0 Å². The largest absolute Gasteiger partial charge is 0.493 e. The Bertz CT molecular complexity index is 739. The van der Waals surface area contributed by atoms with Gasteiger partial charge in [0.2, 0.25) is 5.75 Å². The summed E-state index contributed by atoms with van der Waals surface area (Å²) < 4.78 is 19.1. The third-order valence-corrected chi connectivity index (χ3v) is 4.85. The van der Waals surface area contributed by atoms with Gasteiger partial charge in [-0.3, -0.25) is 0 Å². The van der Waals surface area contributed by atoms with Gasteiger partial charge in [-0.05, 0) is 37.5 Å². The fraction of sp³-hybridized carbons (Fsp3) is 0.526. The fourth-order valence-corrected chi connectivity index (χ4v) is 3.72. The molecule has 2 aliphatic heterocycles. The molecular formula is C19H25N3O3. The predicted octanol–water partition coefficient (Wildman–Crippen LogP) is 2.64. The molecule has 1 atom stereocenters. The van der Waals surface area contributed by atoms with Crippen LogP contribution < -0.4 is 19.5 Å². The van der Waals surface area contributed by atoms with Gasteiger partial charge in [-0.15, -0.1) is 0 Å². The second-order valence-corrected chi connectivity index (χ2v) is 6.73. The van der Waals surface area contributed by atoms with E-state index in [1.807, 2.05) is 12.1 Å². The third kappa shape index (κ3) is 3.31. The summed E-state index contributed by atoms with van der Waals surface area (Å²) in [5.74, 6) is 3.91. The number of fused-ring (bicyclic) bond motifs is 2. The maximum Gasteiger partial charge on any atom is 0.203 e. The summed E-state index contributed by atoms with van der Waals surface area (Å²) >= 11 is 0. The van der Waals surface area contributed by atoms with Gasteiger partial charge in [0, 0.05) is 31.7 Å². The number of imidazole rings is 1. The van der Waals surface area contributed by atoms with Crippen LogP contribution in [0, 0.1) is 6.92 Å². The van der Waals surface area contributed by atoms with Gasteiger partial charge in [0.05, 0.1) is 12.8 Å². The molecule has 2 aromatic rings. The summed E-state index contributed by atoms with van der Waals surface area (Å²) in [5, 5.41) is 3.57. The highest BCUT2D eigenvalue weighted by atomic mass is 16.6. The van der Waals surface area contributed by atoms with Crippen LogP contribution in [0.25, 0.3) is 0 Å². The van der Waals surface area contributed by atoms with E-state index in [-0.39, 0.29) is 0 Å². The molecule has 0 saturated heterocycles. The summed E-state index contributed by atoms with van der Waals surface area (Å²) in [5.41, 5.74) is 2.25. The van der Waals surface area contributed by atoms with Gasteiger partial charge in [0.15, 0.2) is 11.5 Å². The van der Waals surface area contributed by atoms with E-state index < -0.39 is 0 Å². The Labute approximate surface area is 148 Å². The Hall–Kier alpha value is -2.21. The van der Waals surface area contributed by atoms with E-state index in [4.69, 9.17) is 19.2 Å². The number of benzene rings is 1. The molecule has 6 nitrogen and oxygen atoms in total. The Morgan fingerprint density at radius 1 is 1.32 bits per heavy atom. The van der Waals surface area contributed by atoms with Crippen molar-refractivity contribution < 1.29 is 14.2 Å². The van der Waals surface area contributed by atoms with E-state index in [1.54, 1.807) is 7.11 Å². The van der Waals surface area contributed by atoms with Gasteiger partial charge in [0.1, 0.15) is 19.0 Å². The number of aryl methyl sites for hydroxylation is 2. The second-order valence-electron chi connectivity index (χ2n) is 6.73. The zero-order valence-electron chi connectivity index (χ0n) is 14.9. The number of nitrogens with one attached hydrogen (secondary N) is 1. The molecule has 1 aromatic heterocycles. The molecule has 0 amide bonds. The standard InChI is InChI=1S/C19H25N3O3/c1-13-12-22-5-3-4-15(19(22)21-13)11-20-10-14-8-16(23-2)18-17(9-14)24-6-7-25-18/h8-9,12,15,20H,3-7,10-11H2,1-2H3. The van der Waals surface area contributed by atoms with Gasteiger partial charge < -0.3 is 24.1 Å². The zero-order valence-corrected chi connectivity index (χ0v) is 14.9. The Balaban J connectivity index is 1.42. The van der Waals surface area contributed by atoms with Crippen LogP contribution in [0.4, 0.5) is 0 Å². The van der Waals surface area contributed by atoms with Crippen LogP contribution in [0.2, 0.25) is 0 Å². The quantitative estimate of drug-likeness (QED) is 0.904. The summed E-state index contributed by atoms with van der Waals surface area (Å²) in [6, 6.07) is 4.06. The number of hydrogen-bond acceptors (Lipinski definition) is 5. The Kier molecular flexibility index (Phi) is 4.53. The second kappa shape index (κ2) is 6.96. The van der Waals surface area contributed by atoms with Gasteiger partial charge in [0.25, 0.3) is 0 Å². The molecule has 1 N–H and O–H groups in total. The highest BCUT2D eigenvalue weighted by Crippen LogP contribution is 2.40. The number of methoxy groups -OCH3 is 1. The van der Waals surface area contributed by atoms with Crippen molar-refractivity contribution in [1.82, 2.24) is 14.9 Å². The topological polar surface area (TPSA) is 57.5 Å². The number of hydrogen-bond donors (Lipinski definition) is 1. The lowest BCUT2D eigenvalue weighted by atomic mass is 9.99. The molecular weight excluding hydrogens is 318 g/mol. The first-order chi connectivity index (χ1) is 12.2. The molecule has 0 aliphatic carbocycles. The SMILES string of the molecule is COc1cc(CNCC2CCCn3cc(C)nc32)cc2c1OCCO2. The molecule has 0 saturated carbocycles. The first-order valence-electron chi connectivity index (χ1n) is 8.95. The minimum absolute atomic E-state index is 0.474. The van der Waals surface area contributed by atoms with E-state index in [2.05, 4.69) is 23.0 Å². The third-order valence-electron chi connectivity index (χ3n) is 4.85. The van der Waals surface area contributed by atoms with E-state index >= 15 is 0 Å². The normalized spacial score (nSPS) is 18.7. The van der Waals surface area contributed by atoms with Crippen LogP contribution in [0.15, 0.2) is 18.3 Å². The molecule has 4 rings (SSSR count). The van der Waals surface area contributed by atoms with Crippen molar-refractivity contribution in [1.29, 1.82) is 0 Å².